The van der Waals surface area contributed by atoms with Gasteiger partial charge in [0.25, 0.3) is 0 Å². The lowest BCUT2D eigenvalue weighted by Crippen LogP contribution is -2.27. The first-order valence-corrected chi connectivity index (χ1v) is 10.7. The Labute approximate surface area is 192 Å². The Hall–Kier alpha value is -4.27. The Morgan fingerprint density at radius 2 is 1.91 bits per heavy atom. The maximum Gasteiger partial charge on any atom is 0.341 e. The number of carboxylic acid groups (broad SMARTS) is 1. The van der Waals surface area contributed by atoms with Crippen molar-refractivity contribution in [2.24, 2.45) is 0 Å². The van der Waals surface area contributed by atoms with Gasteiger partial charge >= 0.3 is 5.97 Å². The second kappa shape index (κ2) is 8.58. The Kier molecular flexibility index (Phi) is 5.45. The molecule has 1 atom stereocenters. The van der Waals surface area contributed by atoms with Crippen molar-refractivity contribution >= 4 is 28.4 Å². The van der Waals surface area contributed by atoms with E-state index in [4.69, 9.17) is 0 Å². The molecule has 2 aromatic heterocycles. The van der Waals surface area contributed by atoms with Gasteiger partial charge in [-0.25, -0.2) is 18.6 Å². The molecule has 0 spiro atoms. The van der Waals surface area contributed by atoms with E-state index >= 15 is 4.39 Å². The number of fused-ring (bicyclic) bond motifs is 1. The molecule has 0 saturated carbocycles. The molecule has 9 heteroatoms. The molecule has 1 aliphatic heterocycles. The number of pyridine rings is 2. The number of aromatic carboxylic acids is 1. The number of halogens is 2. The topological polar surface area (TPSA) is 87.5 Å². The number of rotatable bonds is 5. The second-order valence-corrected chi connectivity index (χ2v) is 8.14. The molecule has 0 bridgehead atoms. The molecule has 1 aliphatic rings. The number of benzene rings is 2. The highest BCUT2D eigenvalue weighted by Gasteiger charge is 2.26. The van der Waals surface area contributed by atoms with Crippen LogP contribution in [0.2, 0.25) is 0 Å². The second-order valence-electron chi connectivity index (χ2n) is 8.14. The maximum absolute atomic E-state index is 15.2. The van der Waals surface area contributed by atoms with Gasteiger partial charge in [0.05, 0.1) is 11.2 Å². The normalized spacial score (nSPS) is 15.6. The van der Waals surface area contributed by atoms with Gasteiger partial charge in [0.1, 0.15) is 23.0 Å². The summed E-state index contributed by atoms with van der Waals surface area (Å²) in [5.41, 5.74) is -0.190. The quantitative estimate of drug-likeness (QED) is 0.465. The molecule has 1 fully saturated rings. The van der Waals surface area contributed by atoms with Crippen molar-refractivity contribution in [3.63, 3.8) is 0 Å². The summed E-state index contributed by atoms with van der Waals surface area (Å²) in [6.07, 6.45) is 3.65. The van der Waals surface area contributed by atoms with Crippen LogP contribution in [0.4, 0.5) is 20.3 Å². The summed E-state index contributed by atoms with van der Waals surface area (Å²) in [6, 6.07) is 13.7. The summed E-state index contributed by atoms with van der Waals surface area (Å²) in [7, 11) is 0. The molecule has 34 heavy (non-hydrogen) atoms. The fourth-order valence-corrected chi connectivity index (χ4v) is 4.30. The van der Waals surface area contributed by atoms with E-state index in [1.54, 1.807) is 12.3 Å². The van der Waals surface area contributed by atoms with Gasteiger partial charge in [0.15, 0.2) is 0 Å². The molecule has 7 nitrogen and oxygen atoms in total. The Morgan fingerprint density at radius 1 is 1.12 bits per heavy atom. The lowest BCUT2D eigenvalue weighted by Gasteiger charge is -2.22. The fourth-order valence-electron chi connectivity index (χ4n) is 4.30. The fraction of sp³-hybridized carbons (Fsp3) is 0.160. The van der Waals surface area contributed by atoms with Crippen molar-refractivity contribution in [3.05, 3.63) is 94.4 Å². The predicted octanol–water partition coefficient (Wildman–Crippen LogP) is 4.05. The average Bonchev–Trinajstić information content (AvgIpc) is 3.28. The molecule has 0 amide bonds. The average molecular weight is 462 g/mol. The third kappa shape index (κ3) is 3.96. The number of anilines is 2. The molecule has 2 N–H and O–H groups in total. The summed E-state index contributed by atoms with van der Waals surface area (Å²) >= 11 is 0. The highest BCUT2D eigenvalue weighted by atomic mass is 19.1. The van der Waals surface area contributed by atoms with E-state index in [0.717, 1.165) is 18.3 Å². The molecule has 2 aromatic carbocycles. The third-order valence-electron chi connectivity index (χ3n) is 5.95. The van der Waals surface area contributed by atoms with Crippen molar-refractivity contribution in [2.75, 3.05) is 23.3 Å². The number of nitrogens with zero attached hydrogens (tertiary/aromatic N) is 3. The Balaban J connectivity index is 1.58. The van der Waals surface area contributed by atoms with E-state index in [1.807, 2.05) is 23.1 Å². The van der Waals surface area contributed by atoms with Crippen LogP contribution in [0, 0.1) is 11.6 Å². The predicted molar refractivity (Wildman–Crippen MR) is 125 cm³/mol. The van der Waals surface area contributed by atoms with Gasteiger partial charge in [-0.3, -0.25) is 4.79 Å². The summed E-state index contributed by atoms with van der Waals surface area (Å²) in [5.74, 6) is -1.76. The Morgan fingerprint density at radius 3 is 2.62 bits per heavy atom. The lowest BCUT2D eigenvalue weighted by atomic mass is 10.1. The van der Waals surface area contributed by atoms with Crippen molar-refractivity contribution in [1.82, 2.24) is 9.55 Å². The van der Waals surface area contributed by atoms with Crippen LogP contribution < -0.4 is 15.6 Å². The van der Waals surface area contributed by atoms with E-state index in [9.17, 15) is 19.1 Å². The van der Waals surface area contributed by atoms with Gasteiger partial charge in [-0.2, -0.15) is 0 Å². The van der Waals surface area contributed by atoms with Gasteiger partial charge in [-0.1, -0.05) is 6.07 Å². The van der Waals surface area contributed by atoms with Crippen LogP contribution in [0.15, 0.2) is 71.8 Å². The number of carbonyl (C=O) groups is 1. The number of carboxylic acids is 1. The Bertz CT molecular complexity index is 1440. The van der Waals surface area contributed by atoms with Crippen molar-refractivity contribution in [1.29, 1.82) is 0 Å². The first-order chi connectivity index (χ1) is 16.4. The SMILES string of the molecule is O=C(O)c1cn(-c2ccc(F)cc2)c2cc(N3CCC(Nc4ccccn4)C3)c(F)cc2c1=O. The van der Waals surface area contributed by atoms with Gasteiger partial charge in [0.2, 0.25) is 5.43 Å². The van der Waals surface area contributed by atoms with Gasteiger partial charge < -0.3 is 19.9 Å². The summed E-state index contributed by atoms with van der Waals surface area (Å²) in [6.45, 7) is 1.11. The zero-order valence-corrected chi connectivity index (χ0v) is 17.9. The van der Waals surface area contributed by atoms with Crippen molar-refractivity contribution in [2.45, 2.75) is 12.5 Å². The summed E-state index contributed by atoms with van der Waals surface area (Å²) in [5, 5.41) is 12.8. The number of aromatic nitrogens is 2. The molecule has 5 rings (SSSR count). The van der Waals surface area contributed by atoms with Crippen LogP contribution in [-0.2, 0) is 0 Å². The maximum atomic E-state index is 15.2. The van der Waals surface area contributed by atoms with Crippen LogP contribution in [0.1, 0.15) is 16.8 Å². The van der Waals surface area contributed by atoms with Crippen LogP contribution in [-0.4, -0.2) is 39.8 Å². The molecule has 1 unspecified atom stereocenters. The smallest absolute Gasteiger partial charge is 0.341 e. The van der Waals surface area contributed by atoms with Gasteiger partial charge in [-0.05, 0) is 55.0 Å². The molecule has 1 saturated heterocycles. The molecule has 0 aliphatic carbocycles. The summed E-state index contributed by atoms with van der Waals surface area (Å²) < 4.78 is 30.2. The molecular weight excluding hydrogens is 442 g/mol. The minimum Gasteiger partial charge on any atom is -0.477 e. The van der Waals surface area contributed by atoms with Crippen LogP contribution in [0.25, 0.3) is 16.6 Å². The number of hydrogen-bond acceptors (Lipinski definition) is 5. The van der Waals surface area contributed by atoms with Crippen LogP contribution >= 0.6 is 0 Å². The third-order valence-corrected chi connectivity index (χ3v) is 5.95. The van der Waals surface area contributed by atoms with E-state index in [0.29, 0.717) is 30.0 Å². The zero-order chi connectivity index (χ0) is 23.8. The molecule has 172 valence electrons. The molecule has 3 heterocycles. The largest absolute Gasteiger partial charge is 0.477 e. The summed E-state index contributed by atoms with van der Waals surface area (Å²) in [4.78, 5) is 30.6. The minimum atomic E-state index is -1.42. The minimum absolute atomic E-state index is 0.0543. The van der Waals surface area contributed by atoms with Crippen LogP contribution in [0.5, 0.6) is 0 Å². The number of nitrogens with one attached hydrogen (secondary N) is 1. The first kappa shape index (κ1) is 21.6. The standard InChI is InChI=1S/C25H20F2N4O3/c26-15-4-6-17(7-5-15)31-14-19(25(33)34)24(32)18-11-20(27)22(12-21(18)31)30-10-8-16(13-30)29-23-3-1-2-9-28-23/h1-7,9,11-12,14,16H,8,10,13H2,(H,28,29)(H,33,34). The molecule has 4 aromatic rings. The van der Waals surface area contributed by atoms with Crippen LogP contribution in [0.3, 0.4) is 0 Å². The lowest BCUT2D eigenvalue weighted by molar-refractivity contribution is 0.0695. The van der Waals surface area contributed by atoms with Crippen molar-refractivity contribution in [3.8, 4) is 5.69 Å². The van der Waals surface area contributed by atoms with E-state index < -0.39 is 28.6 Å². The monoisotopic (exact) mass is 462 g/mol. The first-order valence-electron chi connectivity index (χ1n) is 10.7. The van der Waals surface area contributed by atoms with E-state index in [-0.39, 0.29) is 11.4 Å². The van der Waals surface area contributed by atoms with E-state index in [2.05, 4.69) is 10.3 Å². The van der Waals surface area contributed by atoms with Gasteiger partial charge in [-0.15, -0.1) is 0 Å². The molecular formula is C25H20F2N4O3. The number of hydrogen-bond donors (Lipinski definition) is 2. The van der Waals surface area contributed by atoms with Crippen molar-refractivity contribution < 1.29 is 18.7 Å². The highest BCUT2D eigenvalue weighted by molar-refractivity contribution is 5.94. The van der Waals surface area contributed by atoms with E-state index in [1.165, 1.54) is 35.0 Å². The molecule has 0 radical (unpaired) electrons. The highest BCUT2D eigenvalue weighted by Crippen LogP contribution is 2.30. The zero-order valence-electron chi connectivity index (χ0n) is 17.9. The van der Waals surface area contributed by atoms with Gasteiger partial charge in [0, 0.05) is 42.6 Å².